The van der Waals surface area contributed by atoms with E-state index in [1.165, 1.54) is 11.5 Å². The van der Waals surface area contributed by atoms with Crippen molar-refractivity contribution in [2.75, 3.05) is 13.1 Å². The Kier molecular flexibility index (Phi) is 4.64. The van der Waals surface area contributed by atoms with Crippen LogP contribution in [0.15, 0.2) is 5.38 Å². The molecule has 0 aliphatic carbocycles. The van der Waals surface area contributed by atoms with E-state index in [1.807, 2.05) is 4.90 Å². The largest absolute Gasteiger partial charge is 0.332 e. The fraction of sp³-hybridized carbons (Fsp3) is 0.667. The molecule has 0 radical (unpaired) electrons. The number of hydrogen-bond acceptors (Lipinski definition) is 5. The topological polar surface area (TPSA) is 58.1 Å². The molecule has 1 aromatic heterocycles. The molecule has 1 saturated heterocycles. The highest BCUT2D eigenvalue weighted by molar-refractivity contribution is 7.03. The van der Waals surface area contributed by atoms with Gasteiger partial charge < -0.3 is 10.2 Å². The van der Waals surface area contributed by atoms with Crippen LogP contribution in [0.4, 0.5) is 0 Å². The van der Waals surface area contributed by atoms with Gasteiger partial charge in [-0.05, 0) is 25.4 Å². The summed E-state index contributed by atoms with van der Waals surface area (Å²) in [4.78, 5) is 13.9. The number of halogens is 1. The van der Waals surface area contributed by atoms with E-state index >= 15 is 0 Å². The number of rotatable bonds is 1. The third-order valence-corrected chi connectivity index (χ3v) is 3.38. The summed E-state index contributed by atoms with van der Waals surface area (Å²) in [6, 6.07) is 0.530. The van der Waals surface area contributed by atoms with Gasteiger partial charge in [0.25, 0.3) is 5.91 Å². The van der Waals surface area contributed by atoms with Gasteiger partial charge in [-0.2, -0.15) is 0 Å². The van der Waals surface area contributed by atoms with E-state index in [-0.39, 0.29) is 24.4 Å². The van der Waals surface area contributed by atoms with Crippen LogP contribution in [0, 0.1) is 0 Å². The van der Waals surface area contributed by atoms with Crippen LogP contribution in [0.3, 0.4) is 0 Å². The molecule has 1 amide bonds. The van der Waals surface area contributed by atoms with Gasteiger partial charge in [-0.3, -0.25) is 4.79 Å². The molecule has 0 saturated carbocycles. The highest BCUT2D eigenvalue weighted by atomic mass is 35.5. The Hall–Kier alpha value is -0.720. The van der Waals surface area contributed by atoms with Gasteiger partial charge in [0, 0.05) is 30.6 Å². The standard InChI is InChI=1S/C9H14N4OS.ClH/c1-6-7(2)13(4-3-10-6)9(14)8-5-15-12-11-8;/h5-7,10H,3-4H2,1-2H3;1H. The molecule has 1 aliphatic heterocycles. The first-order valence-electron chi connectivity index (χ1n) is 5.01. The fourth-order valence-corrected chi connectivity index (χ4v) is 2.18. The van der Waals surface area contributed by atoms with Crippen LogP contribution < -0.4 is 5.32 Å². The number of carbonyl (C=O) groups is 1. The zero-order valence-corrected chi connectivity index (χ0v) is 10.8. The van der Waals surface area contributed by atoms with Gasteiger partial charge in [0.1, 0.15) is 0 Å². The zero-order valence-electron chi connectivity index (χ0n) is 9.21. The van der Waals surface area contributed by atoms with Crippen molar-refractivity contribution < 1.29 is 4.79 Å². The summed E-state index contributed by atoms with van der Waals surface area (Å²) in [5, 5.41) is 8.84. The Bertz CT molecular complexity index is 345. The summed E-state index contributed by atoms with van der Waals surface area (Å²) in [5.41, 5.74) is 0.459. The van der Waals surface area contributed by atoms with Gasteiger partial charge in [-0.15, -0.1) is 17.5 Å². The molecule has 1 N–H and O–H groups in total. The van der Waals surface area contributed by atoms with Crippen molar-refractivity contribution >= 4 is 29.8 Å². The second kappa shape index (κ2) is 5.56. The minimum absolute atomic E-state index is 0. The Morgan fingerprint density at radius 1 is 1.62 bits per heavy atom. The molecule has 2 heterocycles. The molecule has 2 atom stereocenters. The monoisotopic (exact) mass is 262 g/mol. The lowest BCUT2D eigenvalue weighted by Crippen LogP contribution is -2.57. The Labute approximate surface area is 105 Å². The maximum absolute atomic E-state index is 12.0. The van der Waals surface area contributed by atoms with Crippen molar-refractivity contribution in [3.63, 3.8) is 0 Å². The van der Waals surface area contributed by atoms with Crippen LogP contribution in [0.2, 0.25) is 0 Å². The van der Waals surface area contributed by atoms with E-state index in [9.17, 15) is 4.79 Å². The summed E-state index contributed by atoms with van der Waals surface area (Å²) >= 11 is 1.21. The van der Waals surface area contributed by atoms with Gasteiger partial charge in [-0.25, -0.2) is 0 Å². The highest BCUT2D eigenvalue weighted by Crippen LogP contribution is 2.12. The Balaban J connectivity index is 0.00000128. The summed E-state index contributed by atoms with van der Waals surface area (Å²) in [6.45, 7) is 5.72. The number of nitrogens with zero attached hydrogens (tertiary/aromatic N) is 3. The maximum atomic E-state index is 12.0. The number of hydrogen-bond donors (Lipinski definition) is 1. The van der Waals surface area contributed by atoms with Crippen LogP contribution in [0.25, 0.3) is 0 Å². The summed E-state index contributed by atoms with van der Waals surface area (Å²) in [5.74, 6) is -0.00963. The molecule has 16 heavy (non-hydrogen) atoms. The third kappa shape index (κ3) is 2.50. The van der Waals surface area contributed by atoms with Crippen molar-refractivity contribution in [1.82, 2.24) is 19.8 Å². The van der Waals surface area contributed by atoms with Gasteiger partial charge in [0.15, 0.2) is 5.69 Å². The smallest absolute Gasteiger partial charge is 0.275 e. The van der Waals surface area contributed by atoms with Crippen LogP contribution in [0.5, 0.6) is 0 Å². The molecular formula is C9H15ClN4OS. The number of carbonyl (C=O) groups excluding carboxylic acids is 1. The van der Waals surface area contributed by atoms with Crippen molar-refractivity contribution in [3.8, 4) is 0 Å². The van der Waals surface area contributed by atoms with Crippen LogP contribution in [0.1, 0.15) is 24.3 Å². The van der Waals surface area contributed by atoms with E-state index in [0.29, 0.717) is 11.7 Å². The lowest BCUT2D eigenvalue weighted by Gasteiger charge is -2.38. The lowest BCUT2D eigenvalue weighted by molar-refractivity contribution is 0.0597. The summed E-state index contributed by atoms with van der Waals surface area (Å²) < 4.78 is 3.71. The maximum Gasteiger partial charge on any atom is 0.275 e. The van der Waals surface area contributed by atoms with E-state index in [4.69, 9.17) is 0 Å². The van der Waals surface area contributed by atoms with Crippen LogP contribution >= 0.6 is 23.9 Å². The number of piperazine rings is 1. The van der Waals surface area contributed by atoms with Crippen molar-refractivity contribution in [1.29, 1.82) is 0 Å². The Morgan fingerprint density at radius 2 is 2.38 bits per heavy atom. The molecule has 2 rings (SSSR count). The number of nitrogens with one attached hydrogen (secondary N) is 1. The predicted octanol–water partition coefficient (Wildman–Crippen LogP) is 0.782. The molecule has 1 fully saturated rings. The first-order chi connectivity index (χ1) is 7.20. The van der Waals surface area contributed by atoms with Gasteiger partial charge in [0.05, 0.1) is 0 Å². The van der Waals surface area contributed by atoms with Gasteiger partial charge in [0.2, 0.25) is 0 Å². The van der Waals surface area contributed by atoms with Crippen LogP contribution in [-0.4, -0.2) is 45.6 Å². The van der Waals surface area contributed by atoms with Crippen LogP contribution in [-0.2, 0) is 0 Å². The molecule has 7 heteroatoms. The van der Waals surface area contributed by atoms with Gasteiger partial charge >= 0.3 is 0 Å². The minimum Gasteiger partial charge on any atom is -0.332 e. The first kappa shape index (κ1) is 13.3. The molecule has 0 spiro atoms. The molecule has 90 valence electrons. The summed E-state index contributed by atoms with van der Waals surface area (Å²) in [6.07, 6.45) is 0. The number of amides is 1. The van der Waals surface area contributed by atoms with Gasteiger partial charge in [-0.1, -0.05) is 4.49 Å². The second-order valence-electron chi connectivity index (χ2n) is 3.77. The second-order valence-corrected chi connectivity index (χ2v) is 4.38. The predicted molar refractivity (Wildman–Crippen MR) is 65.1 cm³/mol. The van der Waals surface area contributed by atoms with E-state index in [1.54, 1.807) is 5.38 Å². The number of aromatic nitrogens is 2. The molecule has 5 nitrogen and oxygen atoms in total. The van der Waals surface area contributed by atoms with E-state index < -0.39 is 0 Å². The van der Waals surface area contributed by atoms with Crippen molar-refractivity contribution in [2.45, 2.75) is 25.9 Å². The molecule has 2 unspecified atom stereocenters. The highest BCUT2D eigenvalue weighted by Gasteiger charge is 2.29. The molecule has 0 bridgehead atoms. The van der Waals surface area contributed by atoms with E-state index in [0.717, 1.165) is 13.1 Å². The average Bonchev–Trinajstić information content (AvgIpc) is 2.74. The Morgan fingerprint density at radius 3 is 3.00 bits per heavy atom. The fourth-order valence-electron chi connectivity index (χ4n) is 1.75. The van der Waals surface area contributed by atoms with Crippen molar-refractivity contribution in [3.05, 3.63) is 11.1 Å². The summed E-state index contributed by atoms with van der Waals surface area (Å²) in [7, 11) is 0. The SMILES string of the molecule is CC1NCCN(C(=O)c2csnn2)C1C.Cl. The lowest BCUT2D eigenvalue weighted by atomic mass is 10.1. The van der Waals surface area contributed by atoms with E-state index in [2.05, 4.69) is 28.8 Å². The quantitative estimate of drug-likeness (QED) is 0.813. The van der Waals surface area contributed by atoms with Crippen molar-refractivity contribution in [2.24, 2.45) is 0 Å². The first-order valence-corrected chi connectivity index (χ1v) is 5.85. The molecule has 0 aromatic carbocycles. The average molecular weight is 263 g/mol. The zero-order chi connectivity index (χ0) is 10.8. The molecular weight excluding hydrogens is 248 g/mol. The normalized spacial score (nSPS) is 25.0. The molecule has 1 aliphatic rings. The third-order valence-electron chi connectivity index (χ3n) is 2.87. The molecule has 1 aromatic rings. The minimum atomic E-state index is -0.00963.